The highest BCUT2D eigenvalue weighted by Gasteiger charge is 2.13. The van der Waals surface area contributed by atoms with Gasteiger partial charge in [0, 0.05) is 0 Å². The van der Waals surface area contributed by atoms with Crippen LogP contribution in [0, 0.1) is 5.82 Å². The molecule has 0 aliphatic rings. The molecule has 1 aromatic carbocycles. The van der Waals surface area contributed by atoms with Gasteiger partial charge in [0.25, 0.3) is 0 Å². The molecule has 0 saturated carbocycles. The van der Waals surface area contributed by atoms with Gasteiger partial charge in [-0.2, -0.15) is 0 Å². The van der Waals surface area contributed by atoms with E-state index in [0.29, 0.717) is 6.61 Å². The van der Waals surface area contributed by atoms with Gasteiger partial charge in [0.2, 0.25) is 0 Å². The second-order valence-corrected chi connectivity index (χ2v) is 6.09. The maximum Gasteiger partial charge on any atom is 0.488 e. The SMILES string of the molecule is CCCCCCCCCCCCOc1ccc(B(O)O)cc1F. The van der Waals surface area contributed by atoms with Gasteiger partial charge in [0.1, 0.15) is 0 Å². The first-order valence-corrected chi connectivity index (χ1v) is 8.93. The lowest BCUT2D eigenvalue weighted by Gasteiger charge is -2.08. The Bertz CT molecular complexity index is 427. The fraction of sp³-hybridized carbons (Fsp3) is 0.667. The lowest BCUT2D eigenvalue weighted by molar-refractivity contribution is 0.290. The molecule has 0 fully saturated rings. The zero-order chi connectivity index (χ0) is 16.9. The average Bonchev–Trinajstić information content (AvgIpc) is 2.53. The third-order valence-electron chi connectivity index (χ3n) is 4.01. The minimum atomic E-state index is -1.65. The molecule has 0 atom stereocenters. The summed E-state index contributed by atoms with van der Waals surface area (Å²) in [5, 5.41) is 17.9. The molecule has 0 aromatic heterocycles. The number of benzene rings is 1. The summed E-state index contributed by atoms with van der Waals surface area (Å²) in [5.74, 6) is -0.381. The zero-order valence-electron chi connectivity index (χ0n) is 14.3. The summed E-state index contributed by atoms with van der Waals surface area (Å²) in [5.41, 5.74) is 0.133. The number of hydrogen-bond donors (Lipinski definition) is 2. The van der Waals surface area contributed by atoms with Gasteiger partial charge in [-0.15, -0.1) is 0 Å². The van der Waals surface area contributed by atoms with Gasteiger partial charge in [-0.25, -0.2) is 4.39 Å². The Morgan fingerprint density at radius 1 is 0.913 bits per heavy atom. The number of ether oxygens (including phenoxy) is 1. The van der Waals surface area contributed by atoms with E-state index >= 15 is 0 Å². The molecular weight excluding hydrogens is 294 g/mol. The summed E-state index contributed by atoms with van der Waals surface area (Å²) in [7, 11) is -1.65. The van der Waals surface area contributed by atoms with Crippen molar-refractivity contribution in [1.82, 2.24) is 0 Å². The lowest BCUT2D eigenvalue weighted by Crippen LogP contribution is -2.30. The Balaban J connectivity index is 2.03. The van der Waals surface area contributed by atoms with Crippen LogP contribution in [0.3, 0.4) is 0 Å². The first-order chi connectivity index (χ1) is 11.1. The fourth-order valence-corrected chi connectivity index (χ4v) is 2.57. The van der Waals surface area contributed by atoms with Crippen molar-refractivity contribution in [3.8, 4) is 5.75 Å². The first-order valence-electron chi connectivity index (χ1n) is 8.93. The second kappa shape index (κ2) is 12.4. The molecule has 0 heterocycles. The summed E-state index contributed by atoms with van der Waals surface area (Å²) >= 11 is 0. The smallest absolute Gasteiger partial charge is 0.488 e. The molecule has 0 saturated heterocycles. The molecule has 3 nitrogen and oxygen atoms in total. The quantitative estimate of drug-likeness (QED) is 0.428. The first kappa shape index (κ1) is 20.0. The number of rotatable bonds is 13. The van der Waals surface area contributed by atoms with Gasteiger partial charge >= 0.3 is 7.12 Å². The van der Waals surface area contributed by atoms with Crippen LogP contribution in [0.5, 0.6) is 5.75 Å². The molecule has 0 amide bonds. The minimum Gasteiger partial charge on any atom is -0.491 e. The van der Waals surface area contributed by atoms with E-state index in [4.69, 9.17) is 14.8 Å². The van der Waals surface area contributed by atoms with Crippen LogP contribution < -0.4 is 10.2 Å². The van der Waals surface area contributed by atoms with E-state index in [1.807, 2.05) is 0 Å². The third-order valence-corrected chi connectivity index (χ3v) is 4.01. The monoisotopic (exact) mass is 324 g/mol. The molecule has 0 bridgehead atoms. The van der Waals surface area contributed by atoms with Crippen molar-refractivity contribution in [2.45, 2.75) is 71.1 Å². The highest BCUT2D eigenvalue weighted by atomic mass is 19.1. The van der Waals surface area contributed by atoms with Crippen LogP contribution in [-0.4, -0.2) is 23.8 Å². The Morgan fingerprint density at radius 3 is 2.00 bits per heavy atom. The maximum atomic E-state index is 13.7. The molecule has 0 aliphatic carbocycles. The van der Waals surface area contributed by atoms with Crippen molar-refractivity contribution in [1.29, 1.82) is 0 Å². The Labute approximate surface area is 140 Å². The van der Waals surface area contributed by atoms with Gasteiger partial charge in [-0.1, -0.05) is 70.8 Å². The van der Waals surface area contributed by atoms with Crippen molar-refractivity contribution >= 4 is 12.6 Å². The average molecular weight is 324 g/mol. The van der Waals surface area contributed by atoms with Gasteiger partial charge < -0.3 is 14.8 Å². The molecule has 0 radical (unpaired) electrons. The summed E-state index contributed by atoms with van der Waals surface area (Å²) in [4.78, 5) is 0. The minimum absolute atomic E-state index is 0.133. The predicted molar refractivity (Wildman–Crippen MR) is 93.6 cm³/mol. The summed E-state index contributed by atoms with van der Waals surface area (Å²) in [6.45, 7) is 2.73. The van der Waals surface area contributed by atoms with Crippen molar-refractivity contribution in [3.63, 3.8) is 0 Å². The van der Waals surface area contributed by atoms with E-state index in [0.717, 1.165) is 18.9 Å². The molecule has 23 heavy (non-hydrogen) atoms. The van der Waals surface area contributed by atoms with Crippen molar-refractivity contribution < 1.29 is 19.2 Å². The van der Waals surface area contributed by atoms with E-state index in [1.165, 1.54) is 63.5 Å². The zero-order valence-corrected chi connectivity index (χ0v) is 14.3. The van der Waals surface area contributed by atoms with Crippen molar-refractivity contribution in [2.75, 3.05) is 6.61 Å². The Kier molecular flexibility index (Phi) is 10.7. The van der Waals surface area contributed by atoms with E-state index in [9.17, 15) is 4.39 Å². The normalized spacial score (nSPS) is 10.8. The molecule has 2 N–H and O–H groups in total. The molecule has 1 rings (SSSR count). The van der Waals surface area contributed by atoms with Crippen LogP contribution in [-0.2, 0) is 0 Å². The van der Waals surface area contributed by atoms with E-state index in [1.54, 1.807) is 0 Å². The number of unbranched alkanes of at least 4 members (excludes halogenated alkanes) is 9. The summed E-state index contributed by atoms with van der Waals surface area (Å²) < 4.78 is 19.1. The van der Waals surface area contributed by atoms with Crippen LogP contribution in [0.15, 0.2) is 18.2 Å². The largest absolute Gasteiger partial charge is 0.491 e. The topological polar surface area (TPSA) is 49.7 Å². The van der Waals surface area contributed by atoms with E-state index in [2.05, 4.69) is 6.92 Å². The van der Waals surface area contributed by atoms with E-state index < -0.39 is 12.9 Å². The number of halogens is 1. The molecule has 5 heteroatoms. The van der Waals surface area contributed by atoms with Gasteiger partial charge in [0.05, 0.1) is 6.61 Å². The van der Waals surface area contributed by atoms with Crippen LogP contribution in [0.4, 0.5) is 4.39 Å². The molecule has 0 spiro atoms. The van der Waals surface area contributed by atoms with Crippen LogP contribution in [0.25, 0.3) is 0 Å². The molecule has 1 aromatic rings. The third kappa shape index (κ3) is 8.97. The highest BCUT2D eigenvalue weighted by Crippen LogP contribution is 2.16. The molecule has 130 valence electrons. The number of hydrogen-bond acceptors (Lipinski definition) is 3. The molecule has 0 unspecified atom stereocenters. The highest BCUT2D eigenvalue weighted by molar-refractivity contribution is 6.58. The van der Waals surface area contributed by atoms with E-state index in [-0.39, 0.29) is 11.2 Å². The van der Waals surface area contributed by atoms with Gasteiger partial charge in [0.15, 0.2) is 11.6 Å². The van der Waals surface area contributed by atoms with Crippen LogP contribution in [0.2, 0.25) is 0 Å². The standard InChI is InChI=1S/C18H30BFO3/c1-2-3-4-5-6-7-8-9-10-11-14-23-18-13-12-16(19(21)22)15-17(18)20/h12-13,15,21-22H,2-11,14H2,1H3. The van der Waals surface area contributed by atoms with Gasteiger partial charge in [-0.05, 0) is 24.0 Å². The van der Waals surface area contributed by atoms with Gasteiger partial charge in [-0.3, -0.25) is 0 Å². The molecular formula is C18H30BFO3. The van der Waals surface area contributed by atoms with Crippen LogP contribution in [0.1, 0.15) is 71.1 Å². The van der Waals surface area contributed by atoms with Crippen molar-refractivity contribution in [3.05, 3.63) is 24.0 Å². The summed E-state index contributed by atoms with van der Waals surface area (Å²) in [6.07, 6.45) is 12.5. The second-order valence-electron chi connectivity index (χ2n) is 6.09. The Hall–Kier alpha value is -1.07. The Morgan fingerprint density at radius 2 is 1.48 bits per heavy atom. The van der Waals surface area contributed by atoms with Crippen molar-refractivity contribution in [2.24, 2.45) is 0 Å². The maximum absolute atomic E-state index is 13.7. The predicted octanol–water partition coefficient (Wildman–Crippen LogP) is 3.81. The molecule has 0 aliphatic heterocycles. The van der Waals surface area contributed by atoms with Crippen LogP contribution >= 0.6 is 0 Å². The fourth-order valence-electron chi connectivity index (χ4n) is 2.57. The summed E-state index contributed by atoms with van der Waals surface area (Å²) in [6, 6.07) is 4.00. The lowest BCUT2D eigenvalue weighted by atomic mass is 9.80.